The number of hydrogen-bond acceptors (Lipinski definition) is 5. The highest BCUT2D eigenvalue weighted by molar-refractivity contribution is 5.90. The number of aryl methyl sites for hydroxylation is 1. The van der Waals surface area contributed by atoms with Gasteiger partial charge in [-0.25, -0.2) is 0 Å². The van der Waals surface area contributed by atoms with E-state index in [4.69, 9.17) is 9.47 Å². The molecule has 148 valence electrons. The predicted octanol–water partition coefficient (Wildman–Crippen LogP) is 2.87. The molecule has 3 aromatic rings. The molecule has 0 spiro atoms. The number of aromatic nitrogens is 4. The summed E-state index contributed by atoms with van der Waals surface area (Å²) in [5, 5.41) is 11.3. The van der Waals surface area contributed by atoms with Crippen LogP contribution in [0.3, 0.4) is 0 Å². The fraction of sp³-hybridized carbons (Fsp3) is 0.350. The Balaban J connectivity index is 1.63. The molecule has 0 radical (unpaired) electrons. The lowest BCUT2D eigenvalue weighted by Gasteiger charge is -2.12. The van der Waals surface area contributed by atoms with Gasteiger partial charge in [0.05, 0.1) is 31.6 Å². The van der Waals surface area contributed by atoms with Gasteiger partial charge < -0.3 is 14.8 Å². The molecule has 0 saturated heterocycles. The summed E-state index contributed by atoms with van der Waals surface area (Å²) >= 11 is 0. The third-order valence-electron chi connectivity index (χ3n) is 4.09. The maximum Gasteiger partial charge on any atom is 0.246 e. The number of nitrogens with one attached hydrogen (secondary N) is 1. The molecule has 0 atom stereocenters. The first-order valence-electron chi connectivity index (χ1n) is 9.28. The quantitative estimate of drug-likeness (QED) is 0.614. The molecular weight excluding hydrogens is 358 g/mol. The van der Waals surface area contributed by atoms with Gasteiger partial charge in [-0.15, -0.1) is 0 Å². The minimum atomic E-state index is -0.147. The highest BCUT2D eigenvalue weighted by Gasteiger charge is 2.09. The van der Waals surface area contributed by atoms with E-state index >= 15 is 0 Å². The third kappa shape index (κ3) is 4.91. The fourth-order valence-electron chi connectivity index (χ4n) is 2.80. The van der Waals surface area contributed by atoms with Gasteiger partial charge >= 0.3 is 0 Å². The van der Waals surface area contributed by atoms with Crippen molar-refractivity contribution in [1.82, 2.24) is 19.6 Å². The second-order valence-corrected chi connectivity index (χ2v) is 6.25. The van der Waals surface area contributed by atoms with Crippen LogP contribution in [0.4, 0.5) is 5.69 Å². The first kappa shape index (κ1) is 19.5. The van der Waals surface area contributed by atoms with Crippen LogP contribution in [-0.2, 0) is 17.9 Å². The second kappa shape index (κ2) is 9.07. The summed E-state index contributed by atoms with van der Waals surface area (Å²) in [5.41, 5.74) is 2.61. The Hall–Kier alpha value is -3.29. The van der Waals surface area contributed by atoms with Crippen molar-refractivity contribution in [3.63, 3.8) is 0 Å². The van der Waals surface area contributed by atoms with Gasteiger partial charge in [-0.05, 0) is 44.5 Å². The minimum absolute atomic E-state index is 0.147. The largest absolute Gasteiger partial charge is 0.490 e. The molecule has 8 nitrogen and oxygen atoms in total. The number of amides is 1. The molecule has 28 heavy (non-hydrogen) atoms. The number of rotatable bonds is 9. The van der Waals surface area contributed by atoms with Crippen molar-refractivity contribution < 1.29 is 14.3 Å². The molecule has 0 aliphatic carbocycles. The van der Waals surface area contributed by atoms with Crippen molar-refractivity contribution in [2.75, 3.05) is 18.5 Å². The lowest BCUT2D eigenvalue weighted by Crippen LogP contribution is -2.19. The zero-order valence-electron chi connectivity index (χ0n) is 16.4. The summed E-state index contributed by atoms with van der Waals surface area (Å²) in [6.45, 7) is 7.66. The van der Waals surface area contributed by atoms with Gasteiger partial charge in [0.25, 0.3) is 0 Å². The monoisotopic (exact) mass is 383 g/mol. The molecule has 8 heteroatoms. The molecule has 2 aromatic heterocycles. The molecule has 0 saturated carbocycles. The van der Waals surface area contributed by atoms with Crippen molar-refractivity contribution in [2.45, 2.75) is 33.9 Å². The molecule has 3 rings (SSSR count). The molecule has 0 aliphatic rings. The summed E-state index contributed by atoms with van der Waals surface area (Å²) in [6, 6.07) is 7.70. The second-order valence-electron chi connectivity index (χ2n) is 6.25. The van der Waals surface area contributed by atoms with Crippen LogP contribution in [0, 0.1) is 6.92 Å². The Morgan fingerprint density at radius 1 is 1.11 bits per heavy atom. The van der Waals surface area contributed by atoms with Crippen LogP contribution in [-0.4, -0.2) is 38.7 Å². The Morgan fingerprint density at radius 3 is 2.61 bits per heavy atom. The van der Waals surface area contributed by atoms with Gasteiger partial charge in [0, 0.05) is 18.1 Å². The van der Waals surface area contributed by atoms with Crippen LogP contribution in [0.15, 0.2) is 42.9 Å². The SMILES string of the molecule is CCOc1ccc(Cn2cc(NC(=O)Cn3nccc3C)cn2)cc1OCC. The average molecular weight is 383 g/mol. The molecular formula is C20H25N5O3. The first-order chi connectivity index (χ1) is 13.6. The van der Waals surface area contributed by atoms with Crippen molar-refractivity contribution in [3.05, 3.63) is 54.1 Å². The summed E-state index contributed by atoms with van der Waals surface area (Å²) in [5.74, 6) is 1.30. The highest BCUT2D eigenvalue weighted by atomic mass is 16.5. The van der Waals surface area contributed by atoms with Crippen molar-refractivity contribution >= 4 is 11.6 Å². The molecule has 0 bridgehead atoms. The average Bonchev–Trinajstić information content (AvgIpc) is 3.27. The zero-order chi connectivity index (χ0) is 19.9. The van der Waals surface area contributed by atoms with Gasteiger partial charge in [0.15, 0.2) is 11.5 Å². The smallest absolute Gasteiger partial charge is 0.246 e. The number of hydrogen-bond donors (Lipinski definition) is 1. The molecule has 0 aliphatic heterocycles. The Morgan fingerprint density at radius 2 is 1.89 bits per heavy atom. The lowest BCUT2D eigenvalue weighted by molar-refractivity contribution is -0.116. The molecule has 1 amide bonds. The molecule has 0 unspecified atom stereocenters. The van der Waals surface area contributed by atoms with E-state index in [-0.39, 0.29) is 12.5 Å². The zero-order valence-corrected chi connectivity index (χ0v) is 16.4. The number of carbonyl (C=O) groups is 1. The van der Waals surface area contributed by atoms with E-state index in [1.807, 2.05) is 45.0 Å². The Kier molecular flexibility index (Phi) is 6.31. The van der Waals surface area contributed by atoms with Gasteiger partial charge in [-0.2, -0.15) is 10.2 Å². The summed E-state index contributed by atoms with van der Waals surface area (Å²) in [6.07, 6.45) is 5.10. The van der Waals surface area contributed by atoms with Crippen LogP contribution in [0.2, 0.25) is 0 Å². The van der Waals surface area contributed by atoms with Gasteiger partial charge in [0.2, 0.25) is 5.91 Å². The van der Waals surface area contributed by atoms with E-state index in [0.717, 1.165) is 22.8 Å². The third-order valence-corrected chi connectivity index (χ3v) is 4.09. The summed E-state index contributed by atoms with van der Waals surface area (Å²) in [4.78, 5) is 12.2. The minimum Gasteiger partial charge on any atom is -0.490 e. The van der Waals surface area contributed by atoms with Crippen LogP contribution < -0.4 is 14.8 Å². The normalized spacial score (nSPS) is 10.7. The maximum atomic E-state index is 12.2. The first-order valence-corrected chi connectivity index (χ1v) is 9.28. The molecule has 1 aromatic carbocycles. The van der Waals surface area contributed by atoms with E-state index in [1.165, 1.54) is 0 Å². The van der Waals surface area contributed by atoms with Crippen LogP contribution in [0.1, 0.15) is 25.1 Å². The Bertz CT molecular complexity index is 932. The fourth-order valence-corrected chi connectivity index (χ4v) is 2.80. The standard InChI is InChI=1S/C20H25N5O3/c1-4-27-18-7-6-16(10-19(18)28-5-2)12-24-13-17(11-22-24)23-20(26)14-25-15(3)8-9-21-25/h6-11,13H,4-5,12,14H2,1-3H3,(H,23,26). The number of nitrogens with zero attached hydrogens (tertiary/aromatic N) is 4. The van der Waals surface area contributed by atoms with Crippen molar-refractivity contribution in [1.29, 1.82) is 0 Å². The van der Waals surface area contributed by atoms with E-state index < -0.39 is 0 Å². The number of benzene rings is 1. The van der Waals surface area contributed by atoms with Crippen LogP contribution in [0.5, 0.6) is 11.5 Å². The summed E-state index contributed by atoms with van der Waals surface area (Å²) in [7, 11) is 0. The van der Waals surface area contributed by atoms with Crippen molar-refractivity contribution in [3.8, 4) is 11.5 Å². The van der Waals surface area contributed by atoms with E-state index in [0.29, 0.717) is 25.4 Å². The van der Waals surface area contributed by atoms with Gasteiger partial charge in [-0.3, -0.25) is 14.2 Å². The van der Waals surface area contributed by atoms with Crippen LogP contribution in [0.25, 0.3) is 0 Å². The van der Waals surface area contributed by atoms with E-state index in [2.05, 4.69) is 15.5 Å². The molecule has 2 heterocycles. The Labute approximate surface area is 164 Å². The van der Waals surface area contributed by atoms with E-state index in [1.54, 1.807) is 28.0 Å². The number of anilines is 1. The van der Waals surface area contributed by atoms with Gasteiger partial charge in [0.1, 0.15) is 6.54 Å². The highest BCUT2D eigenvalue weighted by Crippen LogP contribution is 2.28. The molecule has 0 fully saturated rings. The van der Waals surface area contributed by atoms with Crippen LogP contribution >= 0.6 is 0 Å². The van der Waals surface area contributed by atoms with E-state index in [9.17, 15) is 4.79 Å². The number of carbonyl (C=O) groups excluding carboxylic acids is 1. The lowest BCUT2D eigenvalue weighted by atomic mass is 10.2. The van der Waals surface area contributed by atoms with Gasteiger partial charge in [-0.1, -0.05) is 6.07 Å². The maximum absolute atomic E-state index is 12.2. The predicted molar refractivity (Wildman–Crippen MR) is 106 cm³/mol. The molecule has 1 N–H and O–H groups in total. The summed E-state index contributed by atoms with van der Waals surface area (Å²) < 4.78 is 14.7. The van der Waals surface area contributed by atoms with Crippen molar-refractivity contribution in [2.24, 2.45) is 0 Å². The topological polar surface area (TPSA) is 83.2 Å². The number of ether oxygens (including phenoxy) is 2.